The Bertz CT molecular complexity index is 1290. The van der Waals surface area contributed by atoms with Crippen LogP contribution < -0.4 is 11.2 Å². The molecule has 13 heteroatoms. The van der Waals surface area contributed by atoms with Crippen molar-refractivity contribution in [2.45, 2.75) is 25.4 Å². The van der Waals surface area contributed by atoms with Gasteiger partial charge >= 0.3 is 17.8 Å². The van der Waals surface area contributed by atoms with Crippen molar-refractivity contribution in [1.82, 2.24) is 19.3 Å². The first-order chi connectivity index (χ1) is 13.8. The summed E-state index contributed by atoms with van der Waals surface area (Å²) in [6, 6.07) is 1.14. The number of halogens is 5. The summed E-state index contributed by atoms with van der Waals surface area (Å²) in [6.45, 7) is 1.38. The highest BCUT2D eigenvalue weighted by molar-refractivity contribution is 6.34. The molecule has 160 valence electrons. The second-order valence-electron chi connectivity index (χ2n) is 6.60. The summed E-state index contributed by atoms with van der Waals surface area (Å²) in [7, 11) is 0.789. The molecule has 2 N–H and O–H groups in total. The number of H-pyrrole nitrogens is 1. The van der Waals surface area contributed by atoms with Crippen molar-refractivity contribution in [2.75, 3.05) is 0 Å². The monoisotopic (exact) mass is 448 g/mol. The molecule has 0 saturated carbocycles. The lowest BCUT2D eigenvalue weighted by Crippen LogP contribution is -2.41. The molecule has 2 heterocycles. The molecule has 0 aliphatic carbocycles. The third-order valence-electron chi connectivity index (χ3n) is 4.58. The molecule has 0 radical (unpaired) electrons. The van der Waals surface area contributed by atoms with Crippen LogP contribution >= 0.6 is 11.6 Å². The zero-order valence-electron chi connectivity index (χ0n) is 15.3. The van der Waals surface area contributed by atoms with Gasteiger partial charge in [0.05, 0.1) is 17.6 Å². The molecule has 1 atom stereocenters. The van der Waals surface area contributed by atoms with Crippen LogP contribution in [0.4, 0.5) is 17.6 Å². The third-order valence-corrected chi connectivity index (χ3v) is 4.85. The molecule has 0 bridgehead atoms. The average molecular weight is 449 g/mol. The van der Waals surface area contributed by atoms with Crippen LogP contribution in [-0.2, 0) is 18.0 Å². The zero-order valence-corrected chi connectivity index (χ0v) is 16.1. The lowest BCUT2D eigenvalue weighted by molar-refractivity contribution is -0.144. The van der Waals surface area contributed by atoms with Gasteiger partial charge < -0.3 is 5.11 Å². The first kappa shape index (κ1) is 21.6. The number of hydrogen-bond acceptors (Lipinski definition) is 4. The summed E-state index contributed by atoms with van der Waals surface area (Å²) < 4.78 is 55.0. The Morgan fingerprint density at radius 2 is 1.97 bits per heavy atom. The molecule has 0 amide bonds. The molecular formula is C17H13ClF4N4O4. The van der Waals surface area contributed by atoms with Gasteiger partial charge in [0.1, 0.15) is 10.8 Å². The van der Waals surface area contributed by atoms with Gasteiger partial charge in [-0.1, -0.05) is 18.5 Å². The highest BCUT2D eigenvalue weighted by Crippen LogP contribution is 2.36. The number of alkyl halides is 3. The van der Waals surface area contributed by atoms with Crippen molar-refractivity contribution in [3.8, 4) is 5.69 Å². The Morgan fingerprint density at radius 3 is 2.53 bits per heavy atom. The van der Waals surface area contributed by atoms with Crippen LogP contribution in [0.2, 0.25) is 5.15 Å². The van der Waals surface area contributed by atoms with Gasteiger partial charge in [0.15, 0.2) is 5.82 Å². The van der Waals surface area contributed by atoms with Crippen LogP contribution in [0.3, 0.4) is 0 Å². The number of aromatic nitrogens is 4. The van der Waals surface area contributed by atoms with Crippen molar-refractivity contribution in [1.29, 1.82) is 0 Å². The predicted molar refractivity (Wildman–Crippen MR) is 97.6 cm³/mol. The molecule has 0 aliphatic heterocycles. The van der Waals surface area contributed by atoms with Gasteiger partial charge in [-0.25, -0.2) is 13.8 Å². The van der Waals surface area contributed by atoms with Gasteiger partial charge in [0.2, 0.25) is 0 Å². The molecule has 0 aliphatic rings. The number of hydrogen-bond donors (Lipinski definition) is 2. The zero-order chi connectivity index (χ0) is 22.5. The second kappa shape index (κ2) is 7.27. The topological polar surface area (TPSA) is 110 Å². The minimum Gasteiger partial charge on any atom is -0.481 e. The number of aliphatic carboxylic acids is 1. The van der Waals surface area contributed by atoms with Crippen molar-refractivity contribution in [3.63, 3.8) is 0 Å². The standard InChI is InChI=1S/C17H13ClF4N4O4/c1-6(3-11(28)29)12-13-7(23-24-15(13)18)4-8(14(12)19)26-10(27)5-9(17(20,21)22)25(2)16(26)30/h4-6H,3H2,1-2H3,(H,23,24)(H,28,29). The Hall–Kier alpha value is -3.15. The molecule has 2 aromatic heterocycles. The second-order valence-corrected chi connectivity index (χ2v) is 6.97. The highest BCUT2D eigenvalue weighted by Gasteiger charge is 2.35. The quantitative estimate of drug-likeness (QED) is 0.596. The van der Waals surface area contributed by atoms with E-state index in [-0.39, 0.29) is 36.8 Å². The Labute approximate surface area is 169 Å². The van der Waals surface area contributed by atoms with E-state index in [2.05, 4.69) is 10.2 Å². The molecule has 1 aromatic carbocycles. The number of carboxylic acids is 1. The van der Waals surface area contributed by atoms with Gasteiger partial charge in [-0.15, -0.1) is 0 Å². The van der Waals surface area contributed by atoms with Gasteiger partial charge in [-0.2, -0.15) is 18.3 Å². The fraction of sp³-hybridized carbons (Fsp3) is 0.294. The molecule has 3 rings (SSSR count). The summed E-state index contributed by atoms with van der Waals surface area (Å²) in [4.78, 5) is 36.0. The highest BCUT2D eigenvalue weighted by atomic mass is 35.5. The Balaban J connectivity index is 2.40. The minimum absolute atomic E-state index is 0.00232. The first-order valence-electron chi connectivity index (χ1n) is 8.33. The van der Waals surface area contributed by atoms with Crippen molar-refractivity contribution in [3.05, 3.63) is 55.2 Å². The molecule has 1 unspecified atom stereocenters. The normalized spacial score (nSPS) is 13.0. The Morgan fingerprint density at radius 1 is 1.33 bits per heavy atom. The number of rotatable bonds is 4. The van der Waals surface area contributed by atoms with E-state index >= 15 is 4.39 Å². The minimum atomic E-state index is -4.98. The average Bonchev–Trinajstić information content (AvgIpc) is 2.97. The van der Waals surface area contributed by atoms with Crippen molar-refractivity contribution in [2.24, 2.45) is 7.05 Å². The van der Waals surface area contributed by atoms with Crippen molar-refractivity contribution >= 4 is 28.5 Å². The number of carbonyl (C=O) groups is 1. The van der Waals surface area contributed by atoms with E-state index in [1.807, 2.05) is 0 Å². The van der Waals surface area contributed by atoms with E-state index in [9.17, 15) is 27.6 Å². The number of aromatic amines is 1. The molecular weight excluding hydrogens is 436 g/mol. The fourth-order valence-electron chi connectivity index (χ4n) is 3.24. The number of benzene rings is 1. The molecule has 30 heavy (non-hydrogen) atoms. The summed E-state index contributed by atoms with van der Waals surface area (Å²) >= 11 is 6.00. The van der Waals surface area contributed by atoms with Crippen LogP contribution in [0.15, 0.2) is 21.7 Å². The molecule has 0 spiro atoms. The molecule has 8 nitrogen and oxygen atoms in total. The van der Waals surface area contributed by atoms with E-state index < -0.39 is 52.9 Å². The van der Waals surface area contributed by atoms with Gasteiger partial charge in [-0.05, 0) is 12.0 Å². The number of fused-ring (bicyclic) bond motifs is 1. The lowest BCUT2D eigenvalue weighted by atomic mass is 9.93. The van der Waals surface area contributed by atoms with E-state index in [1.165, 1.54) is 6.92 Å². The molecule has 0 fully saturated rings. The summed E-state index contributed by atoms with van der Waals surface area (Å²) in [5.74, 6) is -3.38. The maximum atomic E-state index is 15.4. The number of nitrogens with one attached hydrogen (secondary N) is 1. The van der Waals surface area contributed by atoms with Gasteiger partial charge in [0, 0.05) is 24.1 Å². The third kappa shape index (κ3) is 3.47. The van der Waals surface area contributed by atoms with Crippen LogP contribution in [0, 0.1) is 5.82 Å². The van der Waals surface area contributed by atoms with Crippen LogP contribution in [-0.4, -0.2) is 30.4 Å². The van der Waals surface area contributed by atoms with Crippen molar-refractivity contribution < 1.29 is 27.5 Å². The van der Waals surface area contributed by atoms with E-state index in [4.69, 9.17) is 16.7 Å². The van der Waals surface area contributed by atoms with Crippen LogP contribution in [0.5, 0.6) is 0 Å². The van der Waals surface area contributed by atoms with E-state index in [1.54, 1.807) is 0 Å². The molecule has 3 aromatic rings. The molecule has 0 saturated heterocycles. The summed E-state index contributed by atoms with van der Waals surface area (Å²) in [5, 5.41) is 15.2. The summed E-state index contributed by atoms with van der Waals surface area (Å²) in [6.07, 6.45) is -5.50. The van der Waals surface area contributed by atoms with E-state index in [0.717, 1.165) is 13.1 Å². The lowest BCUT2D eigenvalue weighted by Gasteiger charge is -2.17. The largest absolute Gasteiger partial charge is 0.481 e. The first-order valence-corrected chi connectivity index (χ1v) is 8.70. The number of nitrogens with zero attached hydrogens (tertiary/aromatic N) is 3. The number of carboxylic acid groups (broad SMARTS) is 1. The smallest absolute Gasteiger partial charge is 0.431 e. The van der Waals surface area contributed by atoms with Gasteiger partial charge in [0.25, 0.3) is 5.56 Å². The van der Waals surface area contributed by atoms with Crippen LogP contribution in [0.1, 0.15) is 30.5 Å². The fourth-order valence-corrected chi connectivity index (χ4v) is 3.48. The van der Waals surface area contributed by atoms with Gasteiger partial charge in [-0.3, -0.25) is 19.3 Å². The maximum absolute atomic E-state index is 15.4. The van der Waals surface area contributed by atoms with E-state index in [0.29, 0.717) is 0 Å². The summed E-state index contributed by atoms with van der Waals surface area (Å²) in [5.41, 5.74) is -5.27. The maximum Gasteiger partial charge on any atom is 0.431 e. The Kier molecular flexibility index (Phi) is 5.23. The SMILES string of the molecule is CC(CC(=O)O)c1c(F)c(-n2c(=O)cc(C(F)(F)F)n(C)c2=O)cc2n[nH]c(Cl)c12. The van der Waals surface area contributed by atoms with Crippen LogP contribution in [0.25, 0.3) is 16.6 Å². The predicted octanol–water partition coefficient (Wildman–Crippen LogP) is 2.80.